The molecule has 0 saturated heterocycles. The van der Waals surface area contributed by atoms with Crippen molar-refractivity contribution in [1.29, 1.82) is 0 Å². The number of rotatable bonds is 8. The molecule has 1 nitrogen and oxygen atoms in total. The molecule has 0 spiro atoms. The molecule has 0 bridgehead atoms. The van der Waals surface area contributed by atoms with E-state index in [9.17, 15) is 0 Å². The van der Waals surface area contributed by atoms with Crippen LogP contribution >= 0.6 is 14.5 Å². The van der Waals surface area contributed by atoms with Gasteiger partial charge in [-0.1, -0.05) is 0 Å². The number of benzene rings is 6. The second-order valence-electron chi connectivity index (χ2n) is 10.0. The zero-order chi connectivity index (χ0) is 27.3. The zero-order valence-corrected chi connectivity index (χ0v) is 26.2. The van der Waals surface area contributed by atoms with E-state index in [1.165, 1.54) is 0 Å². The Kier molecular flexibility index (Phi) is 9.17. The Bertz CT molecular complexity index is 1360. The molecule has 6 rings (SSSR count). The van der Waals surface area contributed by atoms with Crippen LogP contribution in [0, 0.1) is 0 Å². The van der Waals surface area contributed by atoms with Gasteiger partial charge in [-0.15, -0.1) is 0 Å². The van der Waals surface area contributed by atoms with E-state index in [1.54, 1.807) is 0 Å². The summed E-state index contributed by atoms with van der Waals surface area (Å²) in [5, 5.41) is 7.00. The van der Waals surface area contributed by atoms with Crippen molar-refractivity contribution >= 4 is 51.6 Å². The van der Waals surface area contributed by atoms with Gasteiger partial charge in [-0.3, -0.25) is 0 Å². The molecule has 4 heteroatoms. The van der Waals surface area contributed by atoms with E-state index in [-0.39, 0.29) is 19.5 Å². The van der Waals surface area contributed by atoms with Gasteiger partial charge >= 0.3 is 238 Å². The van der Waals surface area contributed by atoms with Crippen LogP contribution in [0.4, 0.5) is 4.79 Å². The normalized spacial score (nSPS) is 12.1. The van der Waals surface area contributed by atoms with Gasteiger partial charge in [-0.05, 0) is 0 Å². The first-order valence-electron chi connectivity index (χ1n) is 13.7. The molecule has 0 fully saturated rings. The summed E-state index contributed by atoms with van der Waals surface area (Å²) >= 11 is 0. The predicted octanol–water partition coefficient (Wildman–Crippen LogP) is 6.56. The number of carbonyl (C=O) groups is 1. The summed E-state index contributed by atoms with van der Waals surface area (Å²) in [4.78, 5) is 16.4. The topological polar surface area (TPSA) is 17.1 Å². The van der Waals surface area contributed by atoms with Gasteiger partial charge in [-0.2, -0.15) is 0 Å². The fourth-order valence-electron chi connectivity index (χ4n) is 6.20. The first-order valence-corrected chi connectivity index (χ1v) is 17.7. The van der Waals surface area contributed by atoms with Crippen LogP contribution in [-0.2, 0) is 19.5 Å². The second-order valence-corrected chi connectivity index (χ2v) is 17.9. The Morgan fingerprint density at radius 1 is 0.293 bits per heavy atom. The molecular formula is C37H32OP2Rh. The van der Waals surface area contributed by atoms with Gasteiger partial charge in [0.25, 0.3) is 0 Å². The van der Waals surface area contributed by atoms with Crippen molar-refractivity contribution in [3.63, 3.8) is 0 Å². The Balaban J connectivity index is 0.00000337. The van der Waals surface area contributed by atoms with Gasteiger partial charge in [0.1, 0.15) is 0 Å². The van der Waals surface area contributed by atoms with E-state index < -0.39 is 14.5 Å². The third kappa shape index (κ3) is 5.07. The van der Waals surface area contributed by atoms with Crippen molar-refractivity contribution in [3.8, 4) is 0 Å². The monoisotopic (exact) mass is 657 g/mol. The molecule has 0 aliphatic heterocycles. The molecule has 0 N–H and O–H groups in total. The van der Waals surface area contributed by atoms with Gasteiger partial charge in [0.15, 0.2) is 0 Å². The molecule has 1 radical (unpaired) electrons. The van der Waals surface area contributed by atoms with Crippen molar-refractivity contribution in [2.75, 3.05) is 0 Å². The maximum Gasteiger partial charge on any atom is 0 e. The second kappa shape index (κ2) is 13.0. The molecular weight excluding hydrogens is 625 g/mol. The van der Waals surface area contributed by atoms with Crippen LogP contribution in [0.3, 0.4) is 0 Å². The summed E-state index contributed by atoms with van der Waals surface area (Å²) in [6.45, 7) is 0. The average molecular weight is 658 g/mol. The minimum Gasteiger partial charge on any atom is 0 e. The van der Waals surface area contributed by atoms with Crippen molar-refractivity contribution in [3.05, 3.63) is 182 Å². The van der Waals surface area contributed by atoms with E-state index in [0.29, 0.717) is 5.27 Å². The summed E-state index contributed by atoms with van der Waals surface area (Å²) in [5.74, 6) is 0. The van der Waals surface area contributed by atoms with Crippen molar-refractivity contribution < 1.29 is 24.3 Å². The quantitative estimate of drug-likeness (QED) is 0.134. The van der Waals surface area contributed by atoms with Gasteiger partial charge in [0.2, 0.25) is 0 Å². The Hall–Kier alpha value is -3.53. The molecule has 0 aliphatic carbocycles. The maximum atomic E-state index is 16.4. The van der Waals surface area contributed by atoms with Crippen molar-refractivity contribution in [1.82, 2.24) is 0 Å². The predicted molar refractivity (Wildman–Crippen MR) is 178 cm³/mol. The van der Waals surface area contributed by atoms with E-state index in [0.717, 1.165) is 31.8 Å². The Morgan fingerprint density at radius 3 is 0.585 bits per heavy atom. The number of hydrogen-bond donors (Lipinski definition) is 0. The van der Waals surface area contributed by atoms with Crippen LogP contribution in [-0.4, -0.2) is 5.27 Å². The SMILES string of the molecule is O=C([PH](c1ccccc1)(c1ccccc1)c1ccccc1)[PH](c1ccccc1)(c1ccccc1)c1ccccc1.[Rh]. The maximum absolute atomic E-state index is 16.4. The van der Waals surface area contributed by atoms with Crippen LogP contribution < -0.4 is 31.8 Å². The van der Waals surface area contributed by atoms with Crippen LogP contribution in [0.25, 0.3) is 0 Å². The minimum absolute atomic E-state index is 0. The molecule has 0 unspecified atom stereocenters. The summed E-state index contributed by atoms with van der Waals surface area (Å²) < 4.78 is 0. The van der Waals surface area contributed by atoms with Gasteiger partial charge in [0, 0.05) is 19.5 Å². The molecule has 6 aromatic carbocycles. The van der Waals surface area contributed by atoms with Crippen LogP contribution in [0.1, 0.15) is 0 Å². The molecule has 6 aromatic rings. The third-order valence-corrected chi connectivity index (χ3v) is 18.7. The van der Waals surface area contributed by atoms with E-state index in [1.807, 2.05) is 36.4 Å². The Morgan fingerprint density at radius 2 is 0.439 bits per heavy atom. The molecule has 0 aromatic heterocycles. The first-order chi connectivity index (χ1) is 19.8. The Labute approximate surface area is 256 Å². The minimum atomic E-state index is -3.29. The van der Waals surface area contributed by atoms with Gasteiger partial charge in [-0.25, -0.2) is 0 Å². The molecule has 41 heavy (non-hydrogen) atoms. The average Bonchev–Trinajstić information content (AvgIpc) is 3.05. The van der Waals surface area contributed by atoms with Crippen LogP contribution in [0.5, 0.6) is 0 Å². The number of hydrogen-bond acceptors (Lipinski definition) is 1. The van der Waals surface area contributed by atoms with Gasteiger partial charge < -0.3 is 0 Å². The molecule has 0 aliphatic rings. The van der Waals surface area contributed by atoms with Crippen LogP contribution in [0.2, 0.25) is 0 Å². The summed E-state index contributed by atoms with van der Waals surface area (Å²) in [6, 6.07) is 63.2. The fraction of sp³-hybridized carbons (Fsp3) is 0. The van der Waals surface area contributed by atoms with E-state index in [2.05, 4.69) is 146 Å². The van der Waals surface area contributed by atoms with Crippen LogP contribution in [0.15, 0.2) is 182 Å². The van der Waals surface area contributed by atoms with E-state index >= 15 is 4.79 Å². The largest absolute Gasteiger partial charge is 0 e. The standard InChI is InChI=1S/C37H32OP2.Rh/c38-37(39(31-19-7-1-8-20-31,32-21-9-2-10-22-32)33-23-11-3-12-24-33)40(34-25-13-4-14-26-34,35-27-15-5-16-28-35)36-29-17-6-18-30-36;/h1-30,39-40H;. The smallest absolute Gasteiger partial charge is 0 e. The molecule has 0 saturated carbocycles. The summed E-state index contributed by atoms with van der Waals surface area (Å²) in [7, 11) is -6.58. The summed E-state index contributed by atoms with van der Waals surface area (Å²) in [6.07, 6.45) is 0. The zero-order valence-electron chi connectivity index (χ0n) is 22.6. The first kappa shape index (κ1) is 29.0. The molecule has 0 heterocycles. The number of carbonyl (C=O) groups excluding carboxylic acids is 1. The van der Waals surface area contributed by atoms with Crippen molar-refractivity contribution in [2.45, 2.75) is 0 Å². The molecule has 0 atom stereocenters. The van der Waals surface area contributed by atoms with Gasteiger partial charge in [0.05, 0.1) is 0 Å². The molecule has 205 valence electrons. The third-order valence-electron chi connectivity index (χ3n) is 7.92. The fourth-order valence-corrected chi connectivity index (χ4v) is 18.8. The summed E-state index contributed by atoms with van der Waals surface area (Å²) in [5.41, 5.74) is 0. The van der Waals surface area contributed by atoms with Crippen molar-refractivity contribution in [2.24, 2.45) is 0 Å². The molecule has 0 amide bonds. The van der Waals surface area contributed by atoms with E-state index in [4.69, 9.17) is 0 Å².